The molecule has 0 saturated carbocycles. The van der Waals surface area contributed by atoms with Crippen LogP contribution in [0.4, 0.5) is 0 Å². The number of fused-ring (bicyclic) bond motifs is 1. The Labute approximate surface area is 172 Å². The smallest absolute Gasteiger partial charge is 0.373 e. The molecular formula is C19H16N2O4S3. The molecule has 144 valence electrons. The molecule has 28 heavy (non-hydrogen) atoms. The fourth-order valence-electron chi connectivity index (χ4n) is 2.84. The molecule has 4 rings (SSSR count). The van der Waals surface area contributed by atoms with Crippen LogP contribution in [0.2, 0.25) is 0 Å². The van der Waals surface area contributed by atoms with Crippen molar-refractivity contribution >= 4 is 50.6 Å². The van der Waals surface area contributed by atoms with Crippen LogP contribution in [0.15, 0.2) is 44.0 Å². The van der Waals surface area contributed by atoms with Crippen LogP contribution in [0.1, 0.15) is 28.1 Å². The van der Waals surface area contributed by atoms with Gasteiger partial charge >= 0.3 is 5.97 Å². The molecule has 0 atom stereocenters. The molecule has 0 aliphatic carbocycles. The third-order valence-corrected chi connectivity index (χ3v) is 7.11. The summed E-state index contributed by atoms with van der Waals surface area (Å²) in [6.07, 6.45) is 0.846. The van der Waals surface area contributed by atoms with Crippen molar-refractivity contribution in [2.24, 2.45) is 0 Å². The third-order valence-electron chi connectivity index (χ3n) is 4.10. The summed E-state index contributed by atoms with van der Waals surface area (Å²) in [5.41, 5.74) is 0.859. The first-order valence-electron chi connectivity index (χ1n) is 8.50. The first-order chi connectivity index (χ1) is 13.6. The number of aryl methyl sites for hydroxylation is 1. The second kappa shape index (κ2) is 7.94. The number of thiophene rings is 2. The molecule has 4 aromatic rings. The van der Waals surface area contributed by atoms with Crippen LogP contribution in [0.3, 0.4) is 0 Å². The van der Waals surface area contributed by atoms with Gasteiger partial charge in [0.2, 0.25) is 5.76 Å². The monoisotopic (exact) mass is 432 g/mol. The average molecular weight is 433 g/mol. The van der Waals surface area contributed by atoms with Gasteiger partial charge in [-0.25, -0.2) is 9.78 Å². The van der Waals surface area contributed by atoms with Crippen molar-refractivity contribution in [2.75, 3.05) is 7.11 Å². The highest BCUT2D eigenvalue weighted by molar-refractivity contribution is 7.98. The van der Waals surface area contributed by atoms with E-state index in [9.17, 15) is 9.59 Å². The molecule has 0 unspecified atom stereocenters. The van der Waals surface area contributed by atoms with E-state index in [4.69, 9.17) is 4.42 Å². The number of thioether (sulfide) groups is 1. The molecule has 1 N–H and O–H groups in total. The summed E-state index contributed by atoms with van der Waals surface area (Å²) in [5, 5.41) is 3.19. The van der Waals surface area contributed by atoms with E-state index in [0.29, 0.717) is 22.1 Å². The Morgan fingerprint density at radius 3 is 2.93 bits per heavy atom. The van der Waals surface area contributed by atoms with Gasteiger partial charge in [0.05, 0.1) is 18.2 Å². The van der Waals surface area contributed by atoms with Crippen LogP contribution < -0.4 is 5.56 Å². The minimum Gasteiger partial charge on any atom is -0.463 e. The maximum atomic E-state index is 12.8. The summed E-state index contributed by atoms with van der Waals surface area (Å²) in [5.74, 6) is 0.681. The van der Waals surface area contributed by atoms with Gasteiger partial charge in [-0.2, -0.15) is 0 Å². The van der Waals surface area contributed by atoms with E-state index in [1.54, 1.807) is 34.8 Å². The number of aromatic nitrogens is 2. The minimum absolute atomic E-state index is 0.137. The summed E-state index contributed by atoms with van der Waals surface area (Å²) >= 11 is 4.54. The topological polar surface area (TPSA) is 85.2 Å². The first-order valence-corrected chi connectivity index (χ1v) is 11.2. The minimum atomic E-state index is -0.518. The van der Waals surface area contributed by atoms with Gasteiger partial charge in [0.25, 0.3) is 5.56 Å². The van der Waals surface area contributed by atoms with E-state index in [1.165, 1.54) is 18.9 Å². The Morgan fingerprint density at radius 2 is 2.21 bits per heavy atom. The Bertz CT molecular complexity index is 1190. The number of carbonyl (C=O) groups is 1. The molecule has 6 nitrogen and oxygen atoms in total. The molecule has 0 amide bonds. The SMILES string of the molecule is CCc1sc2nc(SCc3ccc(C(=O)OC)o3)[nH]c(=O)c2c1-c1cccs1. The summed E-state index contributed by atoms with van der Waals surface area (Å²) in [6.45, 7) is 2.08. The highest BCUT2D eigenvalue weighted by Gasteiger charge is 2.19. The Morgan fingerprint density at radius 1 is 1.36 bits per heavy atom. The number of nitrogens with one attached hydrogen (secondary N) is 1. The molecule has 0 aromatic carbocycles. The van der Waals surface area contributed by atoms with E-state index in [2.05, 4.69) is 21.6 Å². The number of rotatable bonds is 6. The number of nitrogens with zero attached hydrogens (tertiary/aromatic N) is 1. The Hall–Kier alpha value is -2.36. The van der Waals surface area contributed by atoms with Crippen LogP contribution in [0, 0.1) is 0 Å². The summed E-state index contributed by atoms with van der Waals surface area (Å²) in [6, 6.07) is 7.30. The zero-order valence-electron chi connectivity index (χ0n) is 15.1. The Balaban J connectivity index is 1.64. The van der Waals surface area contributed by atoms with Crippen molar-refractivity contribution in [1.29, 1.82) is 0 Å². The summed E-state index contributed by atoms with van der Waals surface area (Å²) < 4.78 is 10.1. The molecule has 0 aliphatic rings. The lowest BCUT2D eigenvalue weighted by Gasteiger charge is -2.01. The number of furan rings is 1. The van der Waals surface area contributed by atoms with E-state index in [-0.39, 0.29) is 11.3 Å². The Kier molecular flexibility index (Phi) is 5.38. The second-order valence-electron chi connectivity index (χ2n) is 5.83. The zero-order chi connectivity index (χ0) is 19.7. The average Bonchev–Trinajstić information content (AvgIpc) is 3.44. The van der Waals surface area contributed by atoms with Gasteiger partial charge in [0.15, 0.2) is 5.16 Å². The number of ether oxygens (including phenoxy) is 1. The van der Waals surface area contributed by atoms with E-state index in [0.717, 1.165) is 26.6 Å². The molecule has 4 aromatic heterocycles. The molecular weight excluding hydrogens is 416 g/mol. The van der Waals surface area contributed by atoms with E-state index < -0.39 is 5.97 Å². The number of H-pyrrole nitrogens is 1. The van der Waals surface area contributed by atoms with Crippen molar-refractivity contribution in [3.63, 3.8) is 0 Å². The highest BCUT2D eigenvalue weighted by Crippen LogP contribution is 2.39. The maximum Gasteiger partial charge on any atom is 0.373 e. The number of esters is 1. The molecule has 0 aliphatic heterocycles. The highest BCUT2D eigenvalue weighted by atomic mass is 32.2. The lowest BCUT2D eigenvalue weighted by Crippen LogP contribution is -2.08. The van der Waals surface area contributed by atoms with Crippen LogP contribution >= 0.6 is 34.4 Å². The molecule has 0 bridgehead atoms. The number of methoxy groups -OCH3 is 1. The first kappa shape index (κ1) is 19.0. The normalized spacial score (nSPS) is 11.2. The lowest BCUT2D eigenvalue weighted by molar-refractivity contribution is 0.0563. The van der Waals surface area contributed by atoms with Gasteiger partial charge in [-0.3, -0.25) is 4.79 Å². The van der Waals surface area contributed by atoms with E-state index in [1.807, 2.05) is 17.5 Å². The molecule has 0 spiro atoms. The van der Waals surface area contributed by atoms with Crippen molar-refractivity contribution in [2.45, 2.75) is 24.3 Å². The van der Waals surface area contributed by atoms with Crippen molar-refractivity contribution < 1.29 is 13.9 Å². The third kappa shape index (κ3) is 3.52. The van der Waals surface area contributed by atoms with Crippen molar-refractivity contribution in [3.8, 4) is 10.4 Å². The molecule has 0 saturated heterocycles. The van der Waals surface area contributed by atoms with Crippen molar-refractivity contribution in [1.82, 2.24) is 9.97 Å². The largest absolute Gasteiger partial charge is 0.463 e. The number of hydrogen-bond donors (Lipinski definition) is 1. The van der Waals surface area contributed by atoms with Gasteiger partial charge < -0.3 is 14.1 Å². The predicted octanol–water partition coefficient (Wildman–Crippen LogP) is 4.95. The summed E-state index contributed by atoms with van der Waals surface area (Å²) in [4.78, 5) is 34.8. The van der Waals surface area contributed by atoms with E-state index >= 15 is 0 Å². The van der Waals surface area contributed by atoms with Crippen LogP contribution in [0.5, 0.6) is 0 Å². The van der Waals surface area contributed by atoms with Gasteiger partial charge in [-0.1, -0.05) is 24.8 Å². The fraction of sp³-hybridized carbons (Fsp3) is 0.211. The lowest BCUT2D eigenvalue weighted by atomic mass is 10.1. The molecule has 4 heterocycles. The quantitative estimate of drug-likeness (QED) is 0.264. The maximum absolute atomic E-state index is 12.8. The molecule has 0 fully saturated rings. The van der Waals surface area contributed by atoms with Crippen molar-refractivity contribution in [3.05, 3.63) is 56.4 Å². The number of aromatic amines is 1. The predicted molar refractivity (Wildman–Crippen MR) is 113 cm³/mol. The standard InChI is InChI=1S/C19H16N2O4S3/c1-3-12-14(13-5-4-8-26-13)15-16(22)20-19(21-17(15)28-12)27-9-10-6-7-11(25-10)18(23)24-2/h4-8H,3,9H2,1-2H3,(H,20,21,22). The fourth-order valence-corrected chi connectivity index (χ4v) is 5.65. The summed E-state index contributed by atoms with van der Waals surface area (Å²) in [7, 11) is 1.30. The second-order valence-corrected chi connectivity index (χ2v) is 8.82. The van der Waals surface area contributed by atoms with Gasteiger partial charge in [-0.05, 0) is 30.0 Å². The van der Waals surface area contributed by atoms with Crippen LogP contribution in [-0.4, -0.2) is 23.0 Å². The van der Waals surface area contributed by atoms with Gasteiger partial charge in [0.1, 0.15) is 10.6 Å². The van der Waals surface area contributed by atoms with Crippen LogP contribution in [-0.2, 0) is 16.9 Å². The molecule has 0 radical (unpaired) electrons. The van der Waals surface area contributed by atoms with Crippen LogP contribution in [0.25, 0.3) is 20.7 Å². The van der Waals surface area contributed by atoms with Gasteiger partial charge in [0, 0.05) is 15.3 Å². The number of hydrogen-bond acceptors (Lipinski definition) is 8. The van der Waals surface area contributed by atoms with Gasteiger partial charge in [-0.15, -0.1) is 22.7 Å². The zero-order valence-corrected chi connectivity index (χ0v) is 17.6. The number of carbonyl (C=O) groups excluding carboxylic acids is 1. The molecule has 9 heteroatoms.